The highest BCUT2D eigenvalue weighted by Gasteiger charge is 2.17. The van der Waals surface area contributed by atoms with Crippen LogP contribution in [-0.4, -0.2) is 15.8 Å². The molecule has 5 heteroatoms. The molecule has 20 heavy (non-hydrogen) atoms. The second-order valence-corrected chi connectivity index (χ2v) is 5.14. The van der Waals surface area contributed by atoms with Crippen molar-refractivity contribution in [1.82, 2.24) is 9.78 Å². The molecular formula is C15H19F2N3. The van der Waals surface area contributed by atoms with Crippen LogP contribution < -0.4 is 5.73 Å². The van der Waals surface area contributed by atoms with Crippen LogP contribution in [0.1, 0.15) is 22.5 Å². The molecule has 0 fully saturated rings. The van der Waals surface area contributed by atoms with Crippen LogP contribution in [0.5, 0.6) is 0 Å². The summed E-state index contributed by atoms with van der Waals surface area (Å²) in [5.74, 6) is -1.08. The Morgan fingerprint density at radius 3 is 2.20 bits per heavy atom. The number of nitrogens with two attached hydrogens (primary N) is 1. The minimum Gasteiger partial charge on any atom is -0.327 e. The summed E-state index contributed by atoms with van der Waals surface area (Å²) in [6, 6.07) is 3.52. The average Bonchev–Trinajstić information content (AvgIpc) is 2.61. The van der Waals surface area contributed by atoms with E-state index in [4.69, 9.17) is 5.73 Å². The third-order valence-electron chi connectivity index (χ3n) is 3.65. The zero-order valence-electron chi connectivity index (χ0n) is 12.0. The molecule has 2 N–H and O–H groups in total. The monoisotopic (exact) mass is 279 g/mol. The molecule has 0 radical (unpaired) electrons. The van der Waals surface area contributed by atoms with E-state index in [1.54, 1.807) is 4.68 Å². The number of hydrogen-bond acceptors (Lipinski definition) is 2. The molecule has 0 aliphatic carbocycles. The molecule has 0 aliphatic heterocycles. The maximum atomic E-state index is 13.6. The van der Waals surface area contributed by atoms with E-state index < -0.39 is 11.6 Å². The zero-order valence-corrected chi connectivity index (χ0v) is 12.0. The highest BCUT2D eigenvalue weighted by molar-refractivity contribution is 5.27. The second kappa shape index (κ2) is 5.71. The van der Waals surface area contributed by atoms with Crippen molar-refractivity contribution in [3.05, 3.63) is 52.3 Å². The maximum Gasteiger partial charge on any atom is 0.129 e. The fourth-order valence-corrected chi connectivity index (χ4v) is 2.44. The summed E-state index contributed by atoms with van der Waals surface area (Å²) in [6.45, 7) is 3.88. The predicted molar refractivity (Wildman–Crippen MR) is 74.4 cm³/mol. The van der Waals surface area contributed by atoms with Gasteiger partial charge in [-0.1, -0.05) is 6.07 Å². The number of rotatable bonds is 4. The predicted octanol–water partition coefficient (Wildman–Crippen LogP) is 2.43. The van der Waals surface area contributed by atoms with Gasteiger partial charge in [-0.15, -0.1) is 0 Å². The van der Waals surface area contributed by atoms with Crippen molar-refractivity contribution in [2.75, 3.05) is 0 Å². The Bertz CT molecular complexity index is 600. The van der Waals surface area contributed by atoms with Gasteiger partial charge in [0.15, 0.2) is 0 Å². The molecule has 1 heterocycles. The summed E-state index contributed by atoms with van der Waals surface area (Å²) < 4.78 is 29.0. The Hall–Kier alpha value is -1.75. The van der Waals surface area contributed by atoms with E-state index in [-0.39, 0.29) is 18.0 Å². The molecule has 0 amide bonds. The maximum absolute atomic E-state index is 13.6. The number of hydrogen-bond donors (Lipinski definition) is 1. The van der Waals surface area contributed by atoms with Gasteiger partial charge in [0.05, 0.1) is 5.69 Å². The first-order chi connectivity index (χ1) is 9.40. The van der Waals surface area contributed by atoms with Crippen molar-refractivity contribution in [1.29, 1.82) is 0 Å². The first-order valence-corrected chi connectivity index (χ1v) is 6.57. The van der Waals surface area contributed by atoms with Crippen LogP contribution in [0.15, 0.2) is 18.2 Å². The molecule has 0 spiro atoms. The first-order valence-electron chi connectivity index (χ1n) is 6.57. The van der Waals surface area contributed by atoms with Gasteiger partial charge in [-0.2, -0.15) is 5.10 Å². The van der Waals surface area contributed by atoms with Crippen molar-refractivity contribution in [2.24, 2.45) is 12.8 Å². The molecule has 1 unspecified atom stereocenters. The van der Waals surface area contributed by atoms with Gasteiger partial charge in [0.2, 0.25) is 0 Å². The van der Waals surface area contributed by atoms with Gasteiger partial charge in [-0.05, 0) is 44.4 Å². The molecule has 0 bridgehead atoms. The molecule has 0 saturated carbocycles. The number of aromatic nitrogens is 2. The summed E-state index contributed by atoms with van der Waals surface area (Å²) in [4.78, 5) is 0. The van der Waals surface area contributed by atoms with Crippen molar-refractivity contribution in [3.8, 4) is 0 Å². The molecule has 1 atom stereocenters. The fourth-order valence-electron chi connectivity index (χ4n) is 2.44. The molecule has 0 saturated heterocycles. The zero-order chi connectivity index (χ0) is 14.9. The molecule has 2 aromatic rings. The Balaban J connectivity index is 2.15. The van der Waals surface area contributed by atoms with Gasteiger partial charge in [0, 0.05) is 24.3 Å². The van der Waals surface area contributed by atoms with Gasteiger partial charge in [-0.25, -0.2) is 8.78 Å². The number of benzene rings is 1. The van der Waals surface area contributed by atoms with Crippen LogP contribution in [0.25, 0.3) is 0 Å². The van der Waals surface area contributed by atoms with E-state index in [1.165, 1.54) is 18.2 Å². The summed E-state index contributed by atoms with van der Waals surface area (Å²) >= 11 is 0. The summed E-state index contributed by atoms with van der Waals surface area (Å²) in [5, 5.41) is 4.32. The van der Waals surface area contributed by atoms with E-state index in [0.29, 0.717) is 6.42 Å². The Labute approximate surface area is 117 Å². The number of halogens is 2. The quantitative estimate of drug-likeness (QED) is 0.934. The van der Waals surface area contributed by atoms with Crippen LogP contribution in [0.2, 0.25) is 0 Å². The largest absolute Gasteiger partial charge is 0.327 e. The third-order valence-corrected chi connectivity index (χ3v) is 3.65. The second-order valence-electron chi connectivity index (χ2n) is 5.14. The minimum absolute atomic E-state index is 0.0548. The molecule has 1 aromatic carbocycles. The van der Waals surface area contributed by atoms with E-state index in [9.17, 15) is 8.78 Å². The lowest BCUT2D eigenvalue weighted by molar-refractivity contribution is 0.533. The lowest BCUT2D eigenvalue weighted by Gasteiger charge is -2.13. The average molecular weight is 279 g/mol. The highest BCUT2D eigenvalue weighted by atomic mass is 19.1. The lowest BCUT2D eigenvalue weighted by atomic mass is 9.98. The van der Waals surface area contributed by atoms with Gasteiger partial charge in [0.1, 0.15) is 11.6 Å². The topological polar surface area (TPSA) is 43.8 Å². The third kappa shape index (κ3) is 2.88. The molecule has 0 aliphatic rings. The fraction of sp³-hybridized carbons (Fsp3) is 0.400. The van der Waals surface area contributed by atoms with Crippen molar-refractivity contribution in [3.63, 3.8) is 0 Å². The minimum atomic E-state index is -0.542. The molecule has 3 nitrogen and oxygen atoms in total. The molecule has 108 valence electrons. The highest BCUT2D eigenvalue weighted by Crippen LogP contribution is 2.18. The molecule has 2 rings (SSSR count). The lowest BCUT2D eigenvalue weighted by Crippen LogP contribution is -2.27. The SMILES string of the molecule is Cc1nn(C)c(C)c1CC(N)Cc1c(F)cccc1F. The Morgan fingerprint density at radius 2 is 1.70 bits per heavy atom. The van der Waals surface area contributed by atoms with Crippen molar-refractivity contribution < 1.29 is 8.78 Å². The van der Waals surface area contributed by atoms with Crippen LogP contribution in [0.4, 0.5) is 8.78 Å². The van der Waals surface area contributed by atoms with E-state index in [2.05, 4.69) is 5.10 Å². The first kappa shape index (κ1) is 14.7. The van der Waals surface area contributed by atoms with Gasteiger partial charge >= 0.3 is 0 Å². The standard InChI is InChI=1S/C15H19F2N3/c1-9-12(10(2)20(3)19-9)7-11(18)8-13-14(16)5-4-6-15(13)17/h4-6,11H,7-8,18H2,1-3H3. The number of nitrogens with zero attached hydrogens (tertiary/aromatic N) is 2. The van der Waals surface area contributed by atoms with E-state index in [0.717, 1.165) is 17.0 Å². The van der Waals surface area contributed by atoms with Gasteiger partial charge in [-0.3, -0.25) is 4.68 Å². The normalized spacial score (nSPS) is 12.7. The summed E-state index contributed by atoms with van der Waals surface area (Å²) in [5.41, 5.74) is 9.11. The van der Waals surface area contributed by atoms with E-state index >= 15 is 0 Å². The smallest absolute Gasteiger partial charge is 0.129 e. The Kier molecular flexibility index (Phi) is 4.18. The Morgan fingerprint density at radius 1 is 1.15 bits per heavy atom. The molecular weight excluding hydrogens is 260 g/mol. The van der Waals surface area contributed by atoms with Crippen LogP contribution in [-0.2, 0) is 19.9 Å². The van der Waals surface area contributed by atoms with Crippen LogP contribution in [0.3, 0.4) is 0 Å². The van der Waals surface area contributed by atoms with Gasteiger partial charge < -0.3 is 5.73 Å². The van der Waals surface area contributed by atoms with Crippen LogP contribution in [0, 0.1) is 25.5 Å². The van der Waals surface area contributed by atoms with Crippen molar-refractivity contribution >= 4 is 0 Å². The number of aryl methyl sites for hydroxylation is 2. The van der Waals surface area contributed by atoms with Crippen LogP contribution >= 0.6 is 0 Å². The van der Waals surface area contributed by atoms with Gasteiger partial charge in [0.25, 0.3) is 0 Å². The van der Waals surface area contributed by atoms with Crippen molar-refractivity contribution in [2.45, 2.75) is 32.7 Å². The summed E-state index contributed by atoms with van der Waals surface area (Å²) in [6.07, 6.45) is 0.728. The summed E-state index contributed by atoms with van der Waals surface area (Å²) in [7, 11) is 1.87. The molecule has 1 aromatic heterocycles. The van der Waals surface area contributed by atoms with E-state index in [1.807, 2.05) is 20.9 Å².